The number of halogens is 1. The second kappa shape index (κ2) is 5.77. The summed E-state index contributed by atoms with van der Waals surface area (Å²) in [5.41, 5.74) is 6.80. The minimum atomic E-state index is -0.353. The molecule has 0 spiro atoms. The quantitative estimate of drug-likeness (QED) is 0.845. The van der Waals surface area contributed by atoms with Crippen LogP contribution in [0.5, 0.6) is 0 Å². The van der Waals surface area contributed by atoms with Crippen LogP contribution in [0.3, 0.4) is 0 Å². The van der Waals surface area contributed by atoms with Crippen molar-refractivity contribution in [3.63, 3.8) is 0 Å². The van der Waals surface area contributed by atoms with Gasteiger partial charge in [-0.1, -0.05) is 13.8 Å². The van der Waals surface area contributed by atoms with Gasteiger partial charge >= 0.3 is 0 Å². The molecule has 1 unspecified atom stereocenters. The van der Waals surface area contributed by atoms with Crippen LogP contribution in [-0.2, 0) is 4.79 Å². The second-order valence-electron chi connectivity index (χ2n) is 4.59. The summed E-state index contributed by atoms with van der Waals surface area (Å²) in [4.78, 5) is 11.9. The average Bonchev–Trinajstić information content (AvgIpc) is 2.15. The van der Waals surface area contributed by atoms with Crippen molar-refractivity contribution in [2.24, 2.45) is 17.6 Å². The van der Waals surface area contributed by atoms with Crippen LogP contribution in [0.1, 0.15) is 19.4 Å². The molecule has 0 heterocycles. The summed E-state index contributed by atoms with van der Waals surface area (Å²) >= 11 is 0. The first-order valence-corrected chi connectivity index (χ1v) is 5.72. The zero-order valence-corrected chi connectivity index (χ0v) is 10.5. The van der Waals surface area contributed by atoms with Gasteiger partial charge < -0.3 is 11.1 Å². The van der Waals surface area contributed by atoms with E-state index in [1.807, 2.05) is 13.8 Å². The van der Waals surface area contributed by atoms with E-state index in [1.54, 1.807) is 13.0 Å². The van der Waals surface area contributed by atoms with E-state index >= 15 is 0 Å². The predicted molar refractivity (Wildman–Crippen MR) is 67.1 cm³/mol. The van der Waals surface area contributed by atoms with E-state index < -0.39 is 0 Å². The van der Waals surface area contributed by atoms with Crippen LogP contribution in [-0.4, -0.2) is 12.5 Å². The molecule has 3 N–H and O–H groups in total. The predicted octanol–water partition coefficient (Wildman–Crippen LogP) is 2.30. The smallest absolute Gasteiger partial charge is 0.229 e. The van der Waals surface area contributed by atoms with Gasteiger partial charge in [-0.05, 0) is 36.6 Å². The van der Waals surface area contributed by atoms with Crippen LogP contribution in [0.4, 0.5) is 10.1 Å². The van der Waals surface area contributed by atoms with Crippen molar-refractivity contribution in [1.29, 1.82) is 0 Å². The molecule has 1 aromatic carbocycles. The Morgan fingerprint density at radius 3 is 2.53 bits per heavy atom. The van der Waals surface area contributed by atoms with Crippen molar-refractivity contribution < 1.29 is 9.18 Å². The fraction of sp³-hybridized carbons (Fsp3) is 0.462. The summed E-state index contributed by atoms with van der Waals surface area (Å²) in [5.74, 6) is -0.602. The van der Waals surface area contributed by atoms with Gasteiger partial charge in [0.15, 0.2) is 0 Å². The first-order chi connectivity index (χ1) is 7.93. The van der Waals surface area contributed by atoms with Crippen molar-refractivity contribution in [3.05, 3.63) is 29.6 Å². The third-order valence-electron chi connectivity index (χ3n) is 2.71. The monoisotopic (exact) mass is 238 g/mol. The normalized spacial score (nSPS) is 12.6. The molecule has 3 nitrogen and oxygen atoms in total. The number of rotatable bonds is 4. The largest absolute Gasteiger partial charge is 0.330 e. The Labute approximate surface area is 101 Å². The van der Waals surface area contributed by atoms with E-state index in [0.717, 1.165) is 5.56 Å². The number of amides is 1. The molecule has 0 saturated heterocycles. The Kier molecular flexibility index (Phi) is 4.63. The highest BCUT2D eigenvalue weighted by Gasteiger charge is 2.20. The molecule has 0 fully saturated rings. The van der Waals surface area contributed by atoms with Gasteiger partial charge in [-0.15, -0.1) is 0 Å². The molecular formula is C13H19FN2O. The van der Waals surface area contributed by atoms with Crippen LogP contribution in [0.25, 0.3) is 0 Å². The lowest BCUT2D eigenvalue weighted by Crippen LogP contribution is -2.33. The molecule has 1 amide bonds. The lowest BCUT2D eigenvalue weighted by atomic mass is 9.95. The number of anilines is 1. The van der Waals surface area contributed by atoms with E-state index in [9.17, 15) is 9.18 Å². The molecule has 0 bridgehead atoms. The summed E-state index contributed by atoms with van der Waals surface area (Å²) in [6.45, 7) is 5.95. The Hall–Kier alpha value is -1.42. The molecule has 1 aromatic rings. The van der Waals surface area contributed by atoms with Gasteiger partial charge in [0.25, 0.3) is 0 Å². The number of carbonyl (C=O) groups is 1. The molecule has 0 radical (unpaired) electrons. The van der Waals surface area contributed by atoms with Gasteiger partial charge in [-0.3, -0.25) is 4.79 Å². The molecule has 4 heteroatoms. The highest BCUT2D eigenvalue weighted by molar-refractivity contribution is 5.92. The van der Waals surface area contributed by atoms with Crippen molar-refractivity contribution in [2.75, 3.05) is 11.9 Å². The third-order valence-corrected chi connectivity index (χ3v) is 2.71. The van der Waals surface area contributed by atoms with Crippen molar-refractivity contribution >= 4 is 11.6 Å². The Morgan fingerprint density at radius 2 is 2.06 bits per heavy atom. The molecule has 17 heavy (non-hydrogen) atoms. The van der Waals surface area contributed by atoms with Gasteiger partial charge in [0.2, 0.25) is 5.91 Å². The van der Waals surface area contributed by atoms with E-state index in [-0.39, 0.29) is 30.1 Å². The minimum absolute atomic E-state index is 0.160. The zero-order valence-electron chi connectivity index (χ0n) is 10.5. The summed E-state index contributed by atoms with van der Waals surface area (Å²) in [5, 5.41) is 2.70. The first kappa shape index (κ1) is 13.6. The molecule has 94 valence electrons. The van der Waals surface area contributed by atoms with E-state index in [2.05, 4.69) is 5.32 Å². The summed E-state index contributed by atoms with van der Waals surface area (Å²) in [6.07, 6.45) is 0. The molecule has 0 saturated carbocycles. The maximum Gasteiger partial charge on any atom is 0.229 e. The number of carbonyl (C=O) groups excluding carboxylic acids is 1. The van der Waals surface area contributed by atoms with Gasteiger partial charge in [0, 0.05) is 12.2 Å². The number of aryl methyl sites for hydroxylation is 1. The second-order valence-corrected chi connectivity index (χ2v) is 4.59. The Bertz CT molecular complexity index is 384. The summed E-state index contributed by atoms with van der Waals surface area (Å²) < 4.78 is 13.1. The fourth-order valence-electron chi connectivity index (χ4n) is 1.73. The maximum atomic E-state index is 13.1. The highest BCUT2D eigenvalue weighted by Crippen LogP contribution is 2.16. The van der Waals surface area contributed by atoms with E-state index in [4.69, 9.17) is 5.73 Å². The highest BCUT2D eigenvalue weighted by atomic mass is 19.1. The number of hydrogen-bond donors (Lipinski definition) is 2. The number of nitrogens with two attached hydrogens (primary N) is 1. The van der Waals surface area contributed by atoms with Crippen LogP contribution in [0, 0.1) is 24.6 Å². The van der Waals surface area contributed by atoms with Crippen molar-refractivity contribution in [1.82, 2.24) is 0 Å². The van der Waals surface area contributed by atoms with E-state index in [0.29, 0.717) is 5.69 Å². The van der Waals surface area contributed by atoms with E-state index in [1.165, 1.54) is 12.1 Å². The van der Waals surface area contributed by atoms with Crippen LogP contribution in [0.2, 0.25) is 0 Å². The molecule has 1 atom stereocenters. The van der Waals surface area contributed by atoms with Crippen molar-refractivity contribution in [3.8, 4) is 0 Å². The average molecular weight is 238 g/mol. The lowest BCUT2D eigenvalue weighted by Gasteiger charge is -2.18. The number of nitrogens with one attached hydrogen (secondary N) is 1. The SMILES string of the molecule is Cc1cc(F)cc(NC(=O)C(CN)C(C)C)c1. The van der Waals surface area contributed by atoms with Crippen LogP contribution < -0.4 is 11.1 Å². The van der Waals surface area contributed by atoms with Crippen LogP contribution in [0.15, 0.2) is 18.2 Å². The van der Waals surface area contributed by atoms with Crippen molar-refractivity contribution in [2.45, 2.75) is 20.8 Å². The molecule has 0 aliphatic carbocycles. The Morgan fingerprint density at radius 1 is 1.41 bits per heavy atom. The standard InChI is InChI=1S/C13H19FN2O/c1-8(2)12(7-15)13(17)16-11-5-9(3)4-10(14)6-11/h4-6,8,12H,7,15H2,1-3H3,(H,16,17). The van der Waals surface area contributed by atoms with Crippen LogP contribution >= 0.6 is 0 Å². The molecular weight excluding hydrogens is 219 g/mol. The summed E-state index contributed by atoms with van der Waals surface area (Å²) in [6, 6.07) is 4.45. The van der Waals surface area contributed by atoms with Gasteiger partial charge in [0.05, 0.1) is 5.92 Å². The molecule has 0 aliphatic rings. The Balaban J connectivity index is 2.80. The maximum absolute atomic E-state index is 13.1. The minimum Gasteiger partial charge on any atom is -0.330 e. The van der Waals surface area contributed by atoms with Gasteiger partial charge in [0.1, 0.15) is 5.82 Å². The molecule has 0 aromatic heterocycles. The molecule has 1 rings (SSSR count). The first-order valence-electron chi connectivity index (χ1n) is 5.72. The summed E-state index contributed by atoms with van der Waals surface area (Å²) in [7, 11) is 0. The molecule has 0 aliphatic heterocycles. The zero-order chi connectivity index (χ0) is 13.0. The topological polar surface area (TPSA) is 55.1 Å². The van der Waals surface area contributed by atoms with Gasteiger partial charge in [-0.25, -0.2) is 4.39 Å². The lowest BCUT2D eigenvalue weighted by molar-refractivity contribution is -0.120. The fourth-order valence-corrected chi connectivity index (χ4v) is 1.73. The van der Waals surface area contributed by atoms with Gasteiger partial charge in [-0.2, -0.15) is 0 Å². The number of hydrogen-bond acceptors (Lipinski definition) is 2. The third kappa shape index (κ3) is 3.82. The number of benzene rings is 1.